The van der Waals surface area contributed by atoms with Gasteiger partial charge in [0.05, 0.1) is 28.6 Å². The molecule has 4 rings (SSSR count). The van der Waals surface area contributed by atoms with Crippen LogP contribution in [0, 0.1) is 0 Å². The normalized spacial score (nSPS) is 11.8. The molecular formula is C23H19ClN4O3S2. The molecule has 10 heteroatoms. The Balaban J connectivity index is 1.55. The molecule has 0 bridgehead atoms. The van der Waals surface area contributed by atoms with E-state index in [0.717, 1.165) is 10.9 Å². The number of ether oxygens (including phenoxy) is 1. The second-order valence-electron chi connectivity index (χ2n) is 7.06. The highest BCUT2D eigenvalue weighted by Gasteiger charge is 2.17. The lowest BCUT2D eigenvalue weighted by atomic mass is 10.1. The Morgan fingerprint density at radius 1 is 1.21 bits per heavy atom. The molecule has 0 saturated heterocycles. The molecule has 2 aromatic carbocycles. The van der Waals surface area contributed by atoms with E-state index in [9.17, 15) is 9.59 Å². The standard InChI is InChI=1S/C23H19ClN4O3S2/c1-13(22(25)30)33-23-27-15(12-32-23)11-20(29)28-21-17-3-2-10-26-18(17)8-9-19(21)31-16-6-4-14(24)5-7-16/h2-10,12-13H,11H2,1H3,(H2,25,30)(H,28,29). The molecule has 33 heavy (non-hydrogen) atoms. The molecule has 2 aromatic heterocycles. The third-order valence-electron chi connectivity index (χ3n) is 4.60. The van der Waals surface area contributed by atoms with Crippen LogP contribution in [0.1, 0.15) is 12.6 Å². The first-order valence-electron chi connectivity index (χ1n) is 9.90. The SMILES string of the molecule is CC(Sc1nc(CC(=O)Nc2c(Oc3ccc(Cl)cc3)ccc3ncccc23)cs1)C(N)=O. The molecule has 0 saturated carbocycles. The Labute approximate surface area is 203 Å². The van der Waals surface area contributed by atoms with Crippen LogP contribution in [0.4, 0.5) is 5.69 Å². The van der Waals surface area contributed by atoms with Crippen LogP contribution in [0.15, 0.2) is 64.4 Å². The number of benzene rings is 2. The smallest absolute Gasteiger partial charge is 0.230 e. The van der Waals surface area contributed by atoms with Crippen LogP contribution in [0.5, 0.6) is 11.5 Å². The fraction of sp³-hybridized carbons (Fsp3) is 0.130. The lowest BCUT2D eigenvalue weighted by Gasteiger charge is -2.14. The van der Waals surface area contributed by atoms with Crippen molar-refractivity contribution in [3.05, 3.63) is 70.8 Å². The number of carbonyl (C=O) groups is 2. The van der Waals surface area contributed by atoms with Crippen molar-refractivity contribution in [1.29, 1.82) is 0 Å². The number of anilines is 1. The minimum absolute atomic E-state index is 0.0685. The summed E-state index contributed by atoms with van der Waals surface area (Å²) in [6, 6.07) is 14.2. The van der Waals surface area contributed by atoms with Gasteiger partial charge in [0, 0.05) is 22.0 Å². The van der Waals surface area contributed by atoms with Gasteiger partial charge in [0.1, 0.15) is 5.75 Å². The molecule has 2 amide bonds. The Morgan fingerprint density at radius 3 is 2.76 bits per heavy atom. The predicted octanol–water partition coefficient (Wildman–Crippen LogP) is 5.28. The summed E-state index contributed by atoms with van der Waals surface area (Å²) >= 11 is 8.61. The molecule has 0 spiro atoms. The molecule has 1 atom stereocenters. The van der Waals surface area contributed by atoms with E-state index in [0.29, 0.717) is 32.2 Å². The third-order valence-corrected chi connectivity index (χ3v) is 6.99. The van der Waals surface area contributed by atoms with Crippen LogP contribution in [0.2, 0.25) is 5.02 Å². The van der Waals surface area contributed by atoms with E-state index >= 15 is 0 Å². The Hall–Kier alpha value is -3.14. The Kier molecular flexibility index (Phi) is 7.12. The van der Waals surface area contributed by atoms with Crippen molar-refractivity contribution in [2.24, 2.45) is 5.73 Å². The number of carbonyl (C=O) groups excluding carboxylic acids is 2. The fourth-order valence-electron chi connectivity index (χ4n) is 2.96. The molecule has 4 aromatic rings. The molecule has 0 radical (unpaired) electrons. The molecule has 0 aliphatic rings. The number of nitrogens with two attached hydrogens (primary N) is 1. The number of hydrogen-bond donors (Lipinski definition) is 2. The maximum atomic E-state index is 12.9. The van der Waals surface area contributed by atoms with E-state index in [1.54, 1.807) is 54.9 Å². The van der Waals surface area contributed by atoms with Gasteiger partial charge in [0.2, 0.25) is 11.8 Å². The highest BCUT2D eigenvalue weighted by atomic mass is 35.5. The van der Waals surface area contributed by atoms with Crippen molar-refractivity contribution in [2.75, 3.05) is 5.32 Å². The molecule has 1 unspecified atom stereocenters. The third kappa shape index (κ3) is 5.81. The van der Waals surface area contributed by atoms with E-state index in [1.807, 2.05) is 12.1 Å². The van der Waals surface area contributed by atoms with Crippen LogP contribution >= 0.6 is 34.7 Å². The average molecular weight is 499 g/mol. The van der Waals surface area contributed by atoms with Crippen LogP contribution in [-0.4, -0.2) is 27.0 Å². The summed E-state index contributed by atoms with van der Waals surface area (Å²) in [4.78, 5) is 33.0. The van der Waals surface area contributed by atoms with Gasteiger partial charge in [-0.25, -0.2) is 4.98 Å². The summed E-state index contributed by atoms with van der Waals surface area (Å²) in [5.41, 5.74) is 7.16. The van der Waals surface area contributed by atoms with Crippen molar-refractivity contribution in [1.82, 2.24) is 9.97 Å². The molecule has 0 aliphatic heterocycles. The predicted molar refractivity (Wildman–Crippen MR) is 132 cm³/mol. The maximum Gasteiger partial charge on any atom is 0.230 e. The molecule has 0 fully saturated rings. The van der Waals surface area contributed by atoms with Crippen LogP contribution in [-0.2, 0) is 16.0 Å². The number of fused-ring (bicyclic) bond motifs is 1. The van der Waals surface area contributed by atoms with Gasteiger partial charge in [0.25, 0.3) is 0 Å². The zero-order valence-electron chi connectivity index (χ0n) is 17.4. The summed E-state index contributed by atoms with van der Waals surface area (Å²) in [5.74, 6) is 0.406. The number of hydrogen-bond acceptors (Lipinski definition) is 7. The van der Waals surface area contributed by atoms with Gasteiger partial charge in [-0.2, -0.15) is 0 Å². The lowest BCUT2D eigenvalue weighted by Crippen LogP contribution is -2.22. The van der Waals surface area contributed by atoms with Gasteiger partial charge < -0.3 is 15.8 Å². The number of pyridine rings is 1. The Bertz CT molecular complexity index is 1310. The number of nitrogens with zero attached hydrogens (tertiary/aromatic N) is 2. The second kappa shape index (κ2) is 10.2. The molecule has 2 heterocycles. The summed E-state index contributed by atoms with van der Waals surface area (Å²) in [7, 11) is 0. The largest absolute Gasteiger partial charge is 0.455 e. The number of primary amides is 1. The van der Waals surface area contributed by atoms with E-state index in [-0.39, 0.29) is 12.3 Å². The number of halogens is 1. The first-order chi connectivity index (χ1) is 15.9. The molecule has 168 valence electrons. The topological polar surface area (TPSA) is 107 Å². The highest BCUT2D eigenvalue weighted by Crippen LogP contribution is 2.36. The average Bonchev–Trinajstić information content (AvgIpc) is 3.23. The summed E-state index contributed by atoms with van der Waals surface area (Å²) in [6.45, 7) is 1.72. The minimum Gasteiger partial charge on any atom is -0.455 e. The van der Waals surface area contributed by atoms with E-state index in [2.05, 4.69) is 15.3 Å². The van der Waals surface area contributed by atoms with Gasteiger partial charge in [-0.15, -0.1) is 11.3 Å². The summed E-state index contributed by atoms with van der Waals surface area (Å²) < 4.78 is 6.72. The van der Waals surface area contributed by atoms with Crippen molar-refractivity contribution in [2.45, 2.75) is 22.9 Å². The monoisotopic (exact) mass is 498 g/mol. The molecule has 3 N–H and O–H groups in total. The lowest BCUT2D eigenvalue weighted by molar-refractivity contribution is -0.117. The van der Waals surface area contributed by atoms with E-state index in [1.165, 1.54) is 23.1 Å². The maximum absolute atomic E-state index is 12.9. The number of aromatic nitrogens is 2. The number of nitrogens with one attached hydrogen (secondary N) is 1. The molecule has 7 nitrogen and oxygen atoms in total. The van der Waals surface area contributed by atoms with Gasteiger partial charge >= 0.3 is 0 Å². The van der Waals surface area contributed by atoms with Gasteiger partial charge in [-0.3, -0.25) is 14.6 Å². The second-order valence-corrected chi connectivity index (χ2v) is 9.94. The van der Waals surface area contributed by atoms with Crippen molar-refractivity contribution in [3.8, 4) is 11.5 Å². The summed E-state index contributed by atoms with van der Waals surface area (Å²) in [5, 5.41) is 5.71. The Morgan fingerprint density at radius 2 is 2.00 bits per heavy atom. The van der Waals surface area contributed by atoms with E-state index < -0.39 is 11.2 Å². The number of rotatable bonds is 8. The number of thiazole rings is 1. The van der Waals surface area contributed by atoms with Crippen molar-refractivity contribution in [3.63, 3.8) is 0 Å². The number of amides is 2. The minimum atomic E-state index is -0.410. The van der Waals surface area contributed by atoms with Crippen molar-refractivity contribution < 1.29 is 14.3 Å². The van der Waals surface area contributed by atoms with Gasteiger partial charge in [0.15, 0.2) is 10.1 Å². The quantitative estimate of drug-likeness (QED) is 0.320. The highest BCUT2D eigenvalue weighted by molar-refractivity contribution is 8.02. The first kappa shape index (κ1) is 23.0. The molecular weight excluding hydrogens is 480 g/mol. The van der Waals surface area contributed by atoms with Gasteiger partial charge in [-0.1, -0.05) is 23.4 Å². The zero-order chi connectivity index (χ0) is 23.4. The summed E-state index contributed by atoms with van der Waals surface area (Å²) in [6.07, 6.45) is 1.76. The van der Waals surface area contributed by atoms with Gasteiger partial charge in [-0.05, 0) is 55.5 Å². The fourth-order valence-corrected chi connectivity index (χ4v) is 5.01. The zero-order valence-corrected chi connectivity index (χ0v) is 19.8. The first-order valence-corrected chi connectivity index (χ1v) is 12.0. The van der Waals surface area contributed by atoms with Crippen LogP contribution in [0.25, 0.3) is 10.9 Å². The molecule has 0 aliphatic carbocycles. The van der Waals surface area contributed by atoms with E-state index in [4.69, 9.17) is 22.1 Å². The van der Waals surface area contributed by atoms with Crippen LogP contribution in [0.3, 0.4) is 0 Å². The van der Waals surface area contributed by atoms with Crippen LogP contribution < -0.4 is 15.8 Å². The number of thioether (sulfide) groups is 1. The van der Waals surface area contributed by atoms with Crippen molar-refractivity contribution >= 4 is 63.1 Å².